The van der Waals surface area contributed by atoms with Crippen LogP contribution >= 0.6 is 0 Å². The van der Waals surface area contributed by atoms with E-state index in [1.54, 1.807) is 24.3 Å². The van der Waals surface area contributed by atoms with Gasteiger partial charge in [0.05, 0.1) is 6.61 Å². The van der Waals surface area contributed by atoms with Crippen molar-refractivity contribution in [2.24, 2.45) is 0 Å². The first-order chi connectivity index (χ1) is 9.58. The molecule has 1 aromatic rings. The predicted molar refractivity (Wildman–Crippen MR) is 72.4 cm³/mol. The number of hydrogen-bond acceptors (Lipinski definition) is 4. The molecule has 0 saturated heterocycles. The van der Waals surface area contributed by atoms with Crippen molar-refractivity contribution < 1.29 is 24.5 Å². The largest absolute Gasteiger partial charge is 0.480 e. The topological polar surface area (TPSA) is 95.9 Å². The lowest BCUT2D eigenvalue weighted by Gasteiger charge is -2.14. The number of hydrogen-bond donors (Lipinski definition) is 3. The number of aliphatic hydroxyl groups excluding tert-OH is 1. The monoisotopic (exact) mass is 281 g/mol. The molecular formula is C14H19NO5. The van der Waals surface area contributed by atoms with Crippen molar-refractivity contribution in [1.82, 2.24) is 5.32 Å². The van der Waals surface area contributed by atoms with Gasteiger partial charge in [0.2, 0.25) is 0 Å². The summed E-state index contributed by atoms with van der Waals surface area (Å²) in [6, 6.07) is 5.41. The van der Waals surface area contributed by atoms with E-state index in [1.165, 1.54) is 7.11 Å². The summed E-state index contributed by atoms with van der Waals surface area (Å²) in [5.74, 6) is -1.51. The molecule has 0 aliphatic heterocycles. The van der Waals surface area contributed by atoms with E-state index in [4.69, 9.17) is 14.9 Å². The van der Waals surface area contributed by atoms with E-state index in [0.29, 0.717) is 30.6 Å². The quantitative estimate of drug-likeness (QED) is 0.612. The Hall–Kier alpha value is -1.92. The fourth-order valence-corrected chi connectivity index (χ4v) is 1.69. The normalized spacial score (nSPS) is 11.9. The van der Waals surface area contributed by atoms with E-state index in [1.807, 2.05) is 0 Å². The van der Waals surface area contributed by atoms with Gasteiger partial charge in [0, 0.05) is 19.3 Å². The molecule has 0 aliphatic rings. The highest BCUT2D eigenvalue weighted by Gasteiger charge is 2.20. The number of carbonyl (C=O) groups excluding carboxylic acids is 1. The van der Waals surface area contributed by atoms with Crippen molar-refractivity contribution in [2.45, 2.75) is 25.5 Å². The van der Waals surface area contributed by atoms with Gasteiger partial charge >= 0.3 is 5.97 Å². The van der Waals surface area contributed by atoms with Crippen LogP contribution in [0.1, 0.15) is 28.8 Å². The minimum absolute atomic E-state index is 0.101. The molecule has 0 aromatic heterocycles. The van der Waals surface area contributed by atoms with Gasteiger partial charge in [-0.05, 0) is 30.5 Å². The molecule has 0 heterocycles. The average Bonchev–Trinajstić information content (AvgIpc) is 2.46. The molecule has 20 heavy (non-hydrogen) atoms. The number of carboxylic acids is 1. The van der Waals surface area contributed by atoms with Crippen LogP contribution < -0.4 is 5.32 Å². The molecule has 0 aliphatic carbocycles. The fraction of sp³-hybridized carbons (Fsp3) is 0.429. The number of rotatable bonds is 8. The maximum absolute atomic E-state index is 11.9. The Balaban J connectivity index is 2.62. The molecular weight excluding hydrogens is 262 g/mol. The van der Waals surface area contributed by atoms with Gasteiger partial charge in [-0.15, -0.1) is 0 Å². The molecule has 1 aromatic carbocycles. The van der Waals surface area contributed by atoms with Crippen LogP contribution in [0.15, 0.2) is 24.3 Å². The molecule has 0 fully saturated rings. The molecule has 0 radical (unpaired) electrons. The number of ether oxygens (including phenoxy) is 1. The smallest absolute Gasteiger partial charge is 0.326 e. The Morgan fingerprint density at radius 2 is 1.95 bits per heavy atom. The van der Waals surface area contributed by atoms with Gasteiger partial charge in [-0.25, -0.2) is 4.79 Å². The third-order valence-corrected chi connectivity index (χ3v) is 2.84. The van der Waals surface area contributed by atoms with Crippen molar-refractivity contribution in [1.29, 1.82) is 0 Å². The molecule has 1 amide bonds. The van der Waals surface area contributed by atoms with Crippen molar-refractivity contribution in [3.63, 3.8) is 0 Å². The van der Waals surface area contributed by atoms with Gasteiger partial charge < -0.3 is 20.3 Å². The van der Waals surface area contributed by atoms with E-state index in [0.717, 1.165) is 0 Å². The minimum Gasteiger partial charge on any atom is -0.480 e. The molecule has 1 atom stereocenters. The zero-order valence-electron chi connectivity index (χ0n) is 11.3. The Kier molecular flexibility index (Phi) is 6.69. The first-order valence-corrected chi connectivity index (χ1v) is 6.31. The van der Waals surface area contributed by atoms with Crippen LogP contribution in [0.25, 0.3) is 0 Å². The molecule has 1 rings (SSSR count). The predicted octanol–water partition coefficient (Wildman–Crippen LogP) is 0.788. The zero-order valence-corrected chi connectivity index (χ0v) is 11.3. The van der Waals surface area contributed by atoms with E-state index >= 15 is 0 Å². The van der Waals surface area contributed by atoms with Crippen LogP contribution in [0, 0.1) is 0 Å². The maximum atomic E-state index is 11.9. The highest BCUT2D eigenvalue weighted by Crippen LogP contribution is 2.06. The first-order valence-electron chi connectivity index (χ1n) is 6.31. The lowest BCUT2D eigenvalue weighted by Crippen LogP contribution is -2.40. The van der Waals surface area contributed by atoms with E-state index < -0.39 is 17.9 Å². The summed E-state index contributed by atoms with van der Waals surface area (Å²) in [6.07, 6.45) is 0.862. The molecule has 6 nitrogen and oxygen atoms in total. The van der Waals surface area contributed by atoms with Crippen LogP contribution in [0.4, 0.5) is 0 Å². The Morgan fingerprint density at radius 3 is 2.45 bits per heavy atom. The van der Waals surface area contributed by atoms with Crippen molar-refractivity contribution in [2.75, 3.05) is 13.7 Å². The second-order valence-corrected chi connectivity index (χ2v) is 4.35. The average molecular weight is 281 g/mol. The summed E-state index contributed by atoms with van der Waals surface area (Å²) in [5, 5.41) is 20.5. The van der Waals surface area contributed by atoms with Gasteiger partial charge in [0.15, 0.2) is 0 Å². The van der Waals surface area contributed by atoms with Gasteiger partial charge in [0.1, 0.15) is 6.04 Å². The van der Waals surface area contributed by atoms with Gasteiger partial charge in [-0.2, -0.15) is 0 Å². The van der Waals surface area contributed by atoms with Gasteiger partial charge in [-0.1, -0.05) is 12.1 Å². The second-order valence-electron chi connectivity index (χ2n) is 4.35. The Bertz CT molecular complexity index is 443. The van der Waals surface area contributed by atoms with Crippen molar-refractivity contribution in [3.8, 4) is 0 Å². The standard InChI is InChI=1S/C14H19NO5/c1-20-8-2-3-12(14(18)19)15-13(17)11-6-4-10(9-16)5-7-11/h4-7,12,16H,2-3,8-9H2,1H3,(H,15,17)(H,18,19). The number of carbonyl (C=O) groups is 2. The highest BCUT2D eigenvalue weighted by atomic mass is 16.5. The Morgan fingerprint density at radius 1 is 1.30 bits per heavy atom. The summed E-state index contributed by atoms with van der Waals surface area (Å²) in [5.41, 5.74) is 1.05. The zero-order chi connectivity index (χ0) is 15.0. The van der Waals surface area contributed by atoms with Crippen LogP contribution in [0.2, 0.25) is 0 Å². The summed E-state index contributed by atoms with van der Waals surface area (Å²) >= 11 is 0. The lowest BCUT2D eigenvalue weighted by molar-refractivity contribution is -0.139. The van der Waals surface area contributed by atoms with E-state index in [-0.39, 0.29) is 6.61 Å². The lowest BCUT2D eigenvalue weighted by atomic mass is 10.1. The number of benzene rings is 1. The number of aliphatic hydroxyl groups is 1. The van der Waals surface area contributed by atoms with Crippen LogP contribution in [0.5, 0.6) is 0 Å². The van der Waals surface area contributed by atoms with Gasteiger partial charge in [-0.3, -0.25) is 4.79 Å². The summed E-state index contributed by atoms with van der Waals surface area (Å²) in [6.45, 7) is 0.349. The van der Waals surface area contributed by atoms with E-state index in [2.05, 4.69) is 5.32 Å². The number of methoxy groups -OCH3 is 1. The molecule has 6 heteroatoms. The SMILES string of the molecule is COCCCC(NC(=O)c1ccc(CO)cc1)C(=O)O. The number of carboxylic acid groups (broad SMARTS) is 1. The second kappa shape index (κ2) is 8.29. The molecule has 110 valence electrons. The first kappa shape index (κ1) is 16.1. The molecule has 3 N–H and O–H groups in total. The van der Waals surface area contributed by atoms with Crippen LogP contribution in [-0.2, 0) is 16.1 Å². The number of aliphatic carboxylic acids is 1. The molecule has 0 spiro atoms. The third-order valence-electron chi connectivity index (χ3n) is 2.84. The Labute approximate surface area is 117 Å². The molecule has 0 saturated carbocycles. The van der Waals surface area contributed by atoms with Gasteiger partial charge in [0.25, 0.3) is 5.91 Å². The summed E-state index contributed by atoms with van der Waals surface area (Å²) in [4.78, 5) is 23.0. The molecule has 0 bridgehead atoms. The van der Waals surface area contributed by atoms with Crippen molar-refractivity contribution >= 4 is 11.9 Å². The summed E-state index contributed by atoms with van der Waals surface area (Å²) < 4.78 is 4.86. The fourth-order valence-electron chi connectivity index (χ4n) is 1.69. The highest BCUT2D eigenvalue weighted by molar-refractivity contribution is 5.96. The third kappa shape index (κ3) is 4.99. The maximum Gasteiger partial charge on any atom is 0.326 e. The minimum atomic E-state index is -1.07. The molecule has 1 unspecified atom stereocenters. The van der Waals surface area contributed by atoms with E-state index in [9.17, 15) is 9.59 Å². The van der Waals surface area contributed by atoms with Crippen molar-refractivity contribution in [3.05, 3.63) is 35.4 Å². The van der Waals surface area contributed by atoms with Crippen LogP contribution in [0.3, 0.4) is 0 Å². The number of nitrogens with one attached hydrogen (secondary N) is 1. The summed E-state index contributed by atoms with van der Waals surface area (Å²) in [7, 11) is 1.54. The van der Waals surface area contributed by atoms with Crippen LogP contribution in [-0.4, -0.2) is 41.8 Å². The number of amides is 1.